The van der Waals surface area contributed by atoms with Gasteiger partial charge in [0.15, 0.2) is 0 Å². The number of piperidine rings is 1. The van der Waals surface area contributed by atoms with Gasteiger partial charge in [-0.3, -0.25) is 4.90 Å². The van der Waals surface area contributed by atoms with Crippen LogP contribution in [0, 0.1) is 13.8 Å². The van der Waals surface area contributed by atoms with Gasteiger partial charge in [0, 0.05) is 31.1 Å². The fraction of sp³-hybridized carbons (Fsp3) is 0.579. The van der Waals surface area contributed by atoms with Crippen molar-refractivity contribution in [3.63, 3.8) is 0 Å². The summed E-state index contributed by atoms with van der Waals surface area (Å²) in [5, 5.41) is 4.23. The van der Waals surface area contributed by atoms with Crippen LogP contribution in [0.1, 0.15) is 47.1 Å². The maximum absolute atomic E-state index is 12.6. The number of furan rings is 1. The van der Waals surface area contributed by atoms with Crippen LogP contribution in [0.5, 0.6) is 0 Å². The number of hydrogen-bond donors (Lipinski definition) is 1. The number of carbonyl (C=O) groups is 1. The lowest BCUT2D eigenvalue weighted by atomic mass is 10.1. The first-order valence-electron chi connectivity index (χ1n) is 9.16. The zero-order valence-corrected chi connectivity index (χ0v) is 16.8. The van der Waals surface area contributed by atoms with Gasteiger partial charge in [0.25, 0.3) is 0 Å². The van der Waals surface area contributed by atoms with Crippen LogP contribution < -0.4 is 5.32 Å². The van der Waals surface area contributed by atoms with Crippen LogP contribution in [0.2, 0.25) is 0 Å². The Balaban J connectivity index is 1.48. The average molecular weight is 377 g/mol. The number of aromatic nitrogens is 1. The average Bonchev–Trinajstić information content (AvgIpc) is 3.24. The Morgan fingerprint density at radius 1 is 1.46 bits per heavy atom. The van der Waals surface area contributed by atoms with Crippen molar-refractivity contribution in [3.8, 4) is 0 Å². The summed E-state index contributed by atoms with van der Waals surface area (Å²) in [6.45, 7) is 8.88. The molecule has 1 aliphatic heterocycles. The number of amides is 2. The molecule has 1 N–H and O–H groups in total. The Morgan fingerprint density at radius 2 is 2.19 bits per heavy atom. The summed E-state index contributed by atoms with van der Waals surface area (Å²) in [4.78, 5) is 22.5. The molecule has 142 valence electrons. The summed E-state index contributed by atoms with van der Waals surface area (Å²) in [5.41, 5.74) is 0.999. The van der Waals surface area contributed by atoms with E-state index in [0.717, 1.165) is 48.9 Å². The molecule has 0 radical (unpaired) electrons. The molecule has 3 heterocycles. The number of aryl methyl sites for hydroxylation is 2. The smallest absolute Gasteiger partial charge is 0.317 e. The third-order valence-electron chi connectivity index (χ3n) is 5.11. The summed E-state index contributed by atoms with van der Waals surface area (Å²) in [7, 11) is 1.85. The van der Waals surface area contributed by atoms with E-state index in [1.165, 1.54) is 4.88 Å². The van der Waals surface area contributed by atoms with Gasteiger partial charge in [-0.15, -0.1) is 11.3 Å². The zero-order valence-electron chi connectivity index (χ0n) is 16.0. The van der Waals surface area contributed by atoms with Crippen LogP contribution in [0.25, 0.3) is 0 Å². The number of urea groups is 1. The summed E-state index contributed by atoms with van der Waals surface area (Å²) < 4.78 is 5.42. The van der Waals surface area contributed by atoms with Gasteiger partial charge in [0.1, 0.15) is 5.76 Å². The standard InChI is InChI=1S/C19H28N4O2S/c1-13(18-14(2)26-15(3)20-18)22(4)19(24)21-16-7-9-23(10-8-16)12-17-6-5-11-25-17/h5-6,11,13,16H,7-10,12H2,1-4H3,(H,21,24)/t13-/m1/s1. The van der Waals surface area contributed by atoms with E-state index >= 15 is 0 Å². The van der Waals surface area contributed by atoms with Crippen molar-refractivity contribution >= 4 is 17.4 Å². The van der Waals surface area contributed by atoms with Gasteiger partial charge in [0.05, 0.1) is 29.6 Å². The van der Waals surface area contributed by atoms with E-state index in [9.17, 15) is 4.79 Å². The molecule has 2 aromatic heterocycles. The Kier molecular flexibility index (Phi) is 5.98. The molecule has 0 spiro atoms. The van der Waals surface area contributed by atoms with Gasteiger partial charge in [0.2, 0.25) is 0 Å². The Bertz CT molecular complexity index is 720. The number of likely N-dealkylation sites (tertiary alicyclic amines) is 1. The largest absolute Gasteiger partial charge is 0.468 e. The minimum absolute atomic E-state index is 0.0213. The summed E-state index contributed by atoms with van der Waals surface area (Å²) in [6, 6.07) is 4.10. The summed E-state index contributed by atoms with van der Waals surface area (Å²) in [6.07, 6.45) is 3.64. The van der Waals surface area contributed by atoms with Gasteiger partial charge in [-0.1, -0.05) is 0 Å². The molecular formula is C19H28N4O2S. The lowest BCUT2D eigenvalue weighted by Gasteiger charge is -2.33. The van der Waals surface area contributed by atoms with Crippen molar-refractivity contribution < 1.29 is 9.21 Å². The number of rotatable bonds is 5. The van der Waals surface area contributed by atoms with Crippen LogP contribution >= 0.6 is 11.3 Å². The molecule has 3 rings (SSSR count). The quantitative estimate of drug-likeness (QED) is 0.864. The minimum Gasteiger partial charge on any atom is -0.468 e. The van der Waals surface area contributed by atoms with E-state index in [1.54, 1.807) is 22.5 Å². The molecular weight excluding hydrogens is 348 g/mol. The van der Waals surface area contributed by atoms with E-state index in [2.05, 4.69) is 22.1 Å². The topological polar surface area (TPSA) is 61.6 Å². The van der Waals surface area contributed by atoms with E-state index in [1.807, 2.05) is 33.0 Å². The maximum atomic E-state index is 12.6. The molecule has 0 saturated carbocycles. The molecule has 0 aliphatic carbocycles. The molecule has 0 aromatic carbocycles. The monoisotopic (exact) mass is 376 g/mol. The van der Waals surface area contributed by atoms with Crippen molar-refractivity contribution in [1.29, 1.82) is 0 Å². The maximum Gasteiger partial charge on any atom is 0.317 e. The first-order valence-corrected chi connectivity index (χ1v) is 9.97. The lowest BCUT2D eigenvalue weighted by Crippen LogP contribution is -2.48. The van der Waals surface area contributed by atoms with Gasteiger partial charge in [-0.25, -0.2) is 9.78 Å². The fourth-order valence-corrected chi connectivity index (χ4v) is 4.33. The zero-order chi connectivity index (χ0) is 18.7. The molecule has 0 bridgehead atoms. The number of nitrogens with zero attached hydrogens (tertiary/aromatic N) is 3. The fourth-order valence-electron chi connectivity index (χ4n) is 3.43. The highest BCUT2D eigenvalue weighted by Crippen LogP contribution is 2.26. The summed E-state index contributed by atoms with van der Waals surface area (Å²) in [5.74, 6) is 0.995. The van der Waals surface area contributed by atoms with Crippen LogP contribution in [-0.2, 0) is 6.54 Å². The molecule has 26 heavy (non-hydrogen) atoms. The van der Waals surface area contributed by atoms with Gasteiger partial charge >= 0.3 is 6.03 Å². The Hall–Kier alpha value is -1.86. The molecule has 6 nitrogen and oxygen atoms in total. The van der Waals surface area contributed by atoms with Crippen LogP contribution in [-0.4, -0.2) is 47.0 Å². The van der Waals surface area contributed by atoms with Gasteiger partial charge in [-0.2, -0.15) is 0 Å². The molecule has 1 fully saturated rings. The first-order chi connectivity index (χ1) is 12.4. The molecule has 1 atom stereocenters. The number of nitrogens with one attached hydrogen (secondary N) is 1. The molecule has 0 unspecified atom stereocenters. The first kappa shape index (κ1) is 18.9. The lowest BCUT2D eigenvalue weighted by molar-refractivity contribution is 0.161. The van der Waals surface area contributed by atoms with Crippen molar-refractivity contribution in [2.24, 2.45) is 0 Å². The van der Waals surface area contributed by atoms with Crippen LogP contribution in [0.4, 0.5) is 4.79 Å². The highest BCUT2D eigenvalue weighted by molar-refractivity contribution is 7.11. The predicted octanol–water partition coefficient (Wildman–Crippen LogP) is 3.72. The number of thiazole rings is 1. The minimum atomic E-state index is -0.0287. The third-order valence-corrected chi connectivity index (χ3v) is 6.01. The van der Waals surface area contributed by atoms with Crippen molar-refractivity contribution in [2.75, 3.05) is 20.1 Å². The van der Waals surface area contributed by atoms with Crippen molar-refractivity contribution in [2.45, 2.75) is 52.2 Å². The van der Waals surface area contributed by atoms with E-state index in [0.29, 0.717) is 0 Å². The molecule has 7 heteroatoms. The van der Waals surface area contributed by atoms with Gasteiger partial charge in [-0.05, 0) is 45.7 Å². The van der Waals surface area contributed by atoms with Crippen molar-refractivity contribution in [3.05, 3.63) is 39.7 Å². The van der Waals surface area contributed by atoms with E-state index in [-0.39, 0.29) is 18.1 Å². The second kappa shape index (κ2) is 8.22. The summed E-state index contributed by atoms with van der Waals surface area (Å²) >= 11 is 1.68. The van der Waals surface area contributed by atoms with Crippen LogP contribution in [0.3, 0.4) is 0 Å². The Labute approximate surface area is 159 Å². The molecule has 1 saturated heterocycles. The highest BCUT2D eigenvalue weighted by Gasteiger charge is 2.26. The number of carbonyl (C=O) groups excluding carboxylic acids is 1. The molecule has 2 amide bonds. The molecule has 1 aliphatic rings. The van der Waals surface area contributed by atoms with Crippen LogP contribution in [0.15, 0.2) is 22.8 Å². The second-order valence-corrected chi connectivity index (χ2v) is 8.45. The van der Waals surface area contributed by atoms with E-state index in [4.69, 9.17) is 4.42 Å². The number of hydrogen-bond acceptors (Lipinski definition) is 5. The van der Waals surface area contributed by atoms with Gasteiger partial charge < -0.3 is 14.6 Å². The third kappa shape index (κ3) is 4.45. The Morgan fingerprint density at radius 3 is 2.77 bits per heavy atom. The molecule has 2 aromatic rings. The SMILES string of the molecule is Cc1nc([C@@H](C)N(C)C(=O)NC2CCN(Cc3ccco3)CC2)c(C)s1. The normalized spacial score (nSPS) is 17.2. The second-order valence-electron chi connectivity index (χ2n) is 7.04. The predicted molar refractivity (Wildman–Crippen MR) is 103 cm³/mol. The highest BCUT2D eigenvalue weighted by atomic mass is 32.1. The van der Waals surface area contributed by atoms with Crippen molar-refractivity contribution in [1.82, 2.24) is 20.1 Å². The van der Waals surface area contributed by atoms with E-state index < -0.39 is 0 Å².